The van der Waals surface area contributed by atoms with Crippen LogP contribution in [-0.4, -0.2) is 26.1 Å². The van der Waals surface area contributed by atoms with Gasteiger partial charge in [0.1, 0.15) is 0 Å². The van der Waals surface area contributed by atoms with E-state index in [1.54, 1.807) is 0 Å². The Morgan fingerprint density at radius 1 is 1.40 bits per heavy atom. The lowest BCUT2D eigenvalue weighted by molar-refractivity contribution is 0.0555. The van der Waals surface area contributed by atoms with Crippen molar-refractivity contribution in [2.24, 2.45) is 0 Å². The second kappa shape index (κ2) is 8.48. The van der Waals surface area contributed by atoms with Crippen molar-refractivity contribution in [1.29, 1.82) is 0 Å². The quantitative estimate of drug-likeness (QED) is 0.373. The third-order valence-electron chi connectivity index (χ3n) is 2.90. The molecule has 0 spiro atoms. The second-order valence-corrected chi connectivity index (χ2v) is 4.52. The fourth-order valence-electron chi connectivity index (χ4n) is 1.17. The fourth-order valence-corrected chi connectivity index (χ4v) is 1.24. The first-order valence-corrected chi connectivity index (χ1v) is 6.39. The SMILES string of the molecule is CCC(C)OCCC(C)([B]OCS)CC. The first-order valence-electron chi connectivity index (χ1n) is 5.76. The van der Waals surface area contributed by atoms with Crippen molar-refractivity contribution >= 4 is 20.1 Å². The van der Waals surface area contributed by atoms with Crippen molar-refractivity contribution in [2.45, 2.75) is 58.4 Å². The Morgan fingerprint density at radius 3 is 2.53 bits per heavy atom. The Hall–Kier alpha value is 0.335. The number of hydrogen-bond acceptors (Lipinski definition) is 3. The molecular formula is C11H24BO2S. The van der Waals surface area contributed by atoms with Gasteiger partial charge in [-0.1, -0.05) is 27.2 Å². The van der Waals surface area contributed by atoms with Crippen molar-refractivity contribution in [1.82, 2.24) is 0 Å². The summed E-state index contributed by atoms with van der Waals surface area (Å²) in [5, 5.41) is 0.107. The third kappa shape index (κ3) is 7.26. The van der Waals surface area contributed by atoms with Crippen molar-refractivity contribution in [3.8, 4) is 0 Å². The van der Waals surface area contributed by atoms with Crippen LogP contribution in [0.3, 0.4) is 0 Å². The van der Waals surface area contributed by atoms with E-state index < -0.39 is 0 Å². The van der Waals surface area contributed by atoms with Gasteiger partial charge in [-0.15, -0.1) is 0 Å². The van der Waals surface area contributed by atoms with Crippen LogP contribution in [-0.2, 0) is 9.39 Å². The first-order chi connectivity index (χ1) is 7.08. The molecule has 0 N–H and O–H groups in total. The predicted molar refractivity (Wildman–Crippen MR) is 69.7 cm³/mol. The maximum Gasteiger partial charge on any atom is 0.300 e. The number of hydrogen-bond donors (Lipinski definition) is 1. The van der Waals surface area contributed by atoms with Gasteiger partial charge in [0, 0.05) is 6.61 Å². The van der Waals surface area contributed by atoms with Gasteiger partial charge in [-0.05, 0) is 25.1 Å². The molecular weight excluding hydrogens is 207 g/mol. The summed E-state index contributed by atoms with van der Waals surface area (Å²) in [6.45, 7) is 9.40. The summed E-state index contributed by atoms with van der Waals surface area (Å²) in [5.74, 6) is 0.446. The van der Waals surface area contributed by atoms with E-state index >= 15 is 0 Å². The maximum atomic E-state index is 5.67. The highest BCUT2D eigenvalue weighted by atomic mass is 32.1. The largest absolute Gasteiger partial charge is 0.431 e. The van der Waals surface area contributed by atoms with Crippen LogP contribution in [0.4, 0.5) is 0 Å². The molecule has 0 fully saturated rings. The van der Waals surface area contributed by atoms with Crippen molar-refractivity contribution < 1.29 is 9.39 Å². The maximum absolute atomic E-state index is 5.67. The monoisotopic (exact) mass is 231 g/mol. The molecule has 0 aliphatic rings. The molecule has 2 unspecified atom stereocenters. The van der Waals surface area contributed by atoms with Crippen molar-refractivity contribution in [3.05, 3.63) is 0 Å². The summed E-state index contributed by atoms with van der Waals surface area (Å²) in [7, 11) is 1.90. The molecule has 0 rings (SSSR count). The highest BCUT2D eigenvalue weighted by Crippen LogP contribution is 2.33. The van der Waals surface area contributed by atoms with E-state index in [2.05, 4.69) is 40.3 Å². The van der Waals surface area contributed by atoms with Gasteiger partial charge in [-0.25, -0.2) is 0 Å². The summed E-state index contributed by atoms with van der Waals surface area (Å²) >= 11 is 4.03. The zero-order valence-electron chi connectivity index (χ0n) is 10.5. The van der Waals surface area contributed by atoms with Crippen molar-refractivity contribution in [3.63, 3.8) is 0 Å². The smallest absolute Gasteiger partial charge is 0.300 e. The Bertz CT molecular complexity index is 158. The van der Waals surface area contributed by atoms with Gasteiger partial charge in [0.25, 0.3) is 7.48 Å². The van der Waals surface area contributed by atoms with Gasteiger partial charge in [-0.3, -0.25) is 0 Å². The summed E-state index contributed by atoms with van der Waals surface area (Å²) in [4.78, 5) is 0. The molecule has 2 atom stereocenters. The fraction of sp³-hybridized carbons (Fsp3) is 1.00. The third-order valence-corrected chi connectivity index (χ3v) is 3.05. The van der Waals surface area contributed by atoms with E-state index in [1.165, 1.54) is 0 Å². The van der Waals surface area contributed by atoms with Gasteiger partial charge >= 0.3 is 0 Å². The molecule has 0 aromatic carbocycles. The summed E-state index contributed by atoms with van der Waals surface area (Å²) in [6.07, 6.45) is 3.49. The topological polar surface area (TPSA) is 18.5 Å². The molecule has 0 heterocycles. The van der Waals surface area contributed by atoms with E-state index in [4.69, 9.17) is 9.39 Å². The van der Waals surface area contributed by atoms with Crippen LogP contribution >= 0.6 is 12.6 Å². The van der Waals surface area contributed by atoms with E-state index in [0.29, 0.717) is 12.0 Å². The minimum absolute atomic E-state index is 0.107. The van der Waals surface area contributed by atoms with Gasteiger partial charge in [0.05, 0.1) is 12.0 Å². The van der Waals surface area contributed by atoms with Crippen LogP contribution in [0.5, 0.6) is 0 Å². The lowest BCUT2D eigenvalue weighted by Crippen LogP contribution is -2.22. The number of rotatable bonds is 9. The highest BCUT2D eigenvalue weighted by molar-refractivity contribution is 7.80. The molecule has 0 aliphatic carbocycles. The van der Waals surface area contributed by atoms with Crippen LogP contribution in [0, 0.1) is 0 Å². The van der Waals surface area contributed by atoms with Gasteiger partial charge in [0.2, 0.25) is 0 Å². The van der Waals surface area contributed by atoms with Crippen LogP contribution in [0.2, 0.25) is 5.31 Å². The lowest BCUT2D eigenvalue weighted by Gasteiger charge is -2.26. The van der Waals surface area contributed by atoms with E-state index in [0.717, 1.165) is 25.9 Å². The predicted octanol–water partition coefficient (Wildman–Crippen LogP) is 3.30. The normalized spacial score (nSPS) is 17.1. The summed E-state index contributed by atoms with van der Waals surface area (Å²) < 4.78 is 10.9. The zero-order chi connectivity index (χ0) is 11.7. The molecule has 0 aromatic rings. The first kappa shape index (κ1) is 15.3. The number of thiol groups is 1. The molecule has 0 aromatic heterocycles. The molecule has 0 saturated carbocycles. The van der Waals surface area contributed by atoms with Gasteiger partial charge in [-0.2, -0.15) is 12.6 Å². The molecule has 0 amide bonds. The molecule has 15 heavy (non-hydrogen) atoms. The Morgan fingerprint density at radius 2 is 2.07 bits per heavy atom. The van der Waals surface area contributed by atoms with E-state index in [1.807, 2.05) is 7.48 Å². The standard InChI is InChI=1S/C11H24BO2S/c1-5-10(3)13-8-7-11(4,6-2)12-14-9-15/h10,15H,5-9H2,1-4H3. The summed E-state index contributed by atoms with van der Waals surface area (Å²) in [6, 6.07) is 0. The average molecular weight is 231 g/mol. The minimum Gasteiger partial charge on any atom is -0.431 e. The van der Waals surface area contributed by atoms with Crippen LogP contribution in [0.15, 0.2) is 0 Å². The van der Waals surface area contributed by atoms with Crippen molar-refractivity contribution in [2.75, 3.05) is 12.5 Å². The highest BCUT2D eigenvalue weighted by Gasteiger charge is 2.24. The molecule has 2 nitrogen and oxygen atoms in total. The average Bonchev–Trinajstić information content (AvgIpc) is 2.26. The molecule has 0 bridgehead atoms. The minimum atomic E-state index is 0.107. The molecule has 0 saturated heterocycles. The number of ether oxygens (including phenoxy) is 1. The van der Waals surface area contributed by atoms with Gasteiger partial charge < -0.3 is 9.39 Å². The molecule has 1 radical (unpaired) electrons. The lowest BCUT2D eigenvalue weighted by atomic mass is 9.61. The summed E-state index contributed by atoms with van der Waals surface area (Å²) in [5.41, 5.74) is 0. The molecule has 0 aliphatic heterocycles. The van der Waals surface area contributed by atoms with Crippen LogP contribution < -0.4 is 0 Å². The van der Waals surface area contributed by atoms with E-state index in [9.17, 15) is 0 Å². The Labute approximate surface area is 101 Å². The zero-order valence-corrected chi connectivity index (χ0v) is 11.3. The van der Waals surface area contributed by atoms with E-state index in [-0.39, 0.29) is 5.31 Å². The Kier molecular flexibility index (Phi) is 8.67. The molecule has 4 heteroatoms. The van der Waals surface area contributed by atoms with Crippen LogP contribution in [0.1, 0.15) is 47.0 Å². The Balaban J connectivity index is 3.76. The molecule has 89 valence electrons. The van der Waals surface area contributed by atoms with Gasteiger partial charge in [0.15, 0.2) is 0 Å². The van der Waals surface area contributed by atoms with Crippen LogP contribution in [0.25, 0.3) is 0 Å². The second-order valence-electron chi connectivity index (χ2n) is 4.26.